The van der Waals surface area contributed by atoms with Gasteiger partial charge in [0.2, 0.25) is 0 Å². The Hall–Kier alpha value is -2.43. The summed E-state index contributed by atoms with van der Waals surface area (Å²) in [6.45, 7) is 0. The van der Waals surface area contributed by atoms with Crippen molar-refractivity contribution in [3.05, 3.63) is 54.1 Å². The predicted octanol–water partition coefficient (Wildman–Crippen LogP) is 2.54. The van der Waals surface area contributed by atoms with Gasteiger partial charge < -0.3 is 10.2 Å². The first-order valence-corrected chi connectivity index (χ1v) is 5.77. The second kappa shape index (κ2) is 5.48. The number of nitrogens with zero attached hydrogens (tertiary/aromatic N) is 2. The number of halogens is 1. The third kappa shape index (κ3) is 2.88. The van der Waals surface area contributed by atoms with Crippen molar-refractivity contribution in [2.75, 3.05) is 24.3 Å². The Morgan fingerprint density at radius 1 is 1.26 bits per heavy atom. The van der Waals surface area contributed by atoms with Gasteiger partial charge in [-0.1, -0.05) is 12.1 Å². The van der Waals surface area contributed by atoms with Crippen LogP contribution in [-0.4, -0.2) is 25.0 Å². The Morgan fingerprint density at radius 2 is 2.00 bits per heavy atom. The number of para-hydroxylation sites is 2. The van der Waals surface area contributed by atoms with Crippen molar-refractivity contribution in [3.8, 4) is 0 Å². The summed E-state index contributed by atoms with van der Waals surface area (Å²) in [7, 11) is 3.75. The summed E-state index contributed by atoms with van der Waals surface area (Å²) in [6, 6.07) is 8.68. The zero-order chi connectivity index (χ0) is 13.8. The number of carbonyl (C=O) groups is 1. The van der Waals surface area contributed by atoms with Gasteiger partial charge in [0.05, 0.1) is 23.1 Å². The number of hydrogen-bond acceptors (Lipinski definition) is 3. The molecule has 0 radical (unpaired) electrons. The van der Waals surface area contributed by atoms with Gasteiger partial charge in [-0.25, -0.2) is 4.39 Å². The van der Waals surface area contributed by atoms with Gasteiger partial charge in [-0.3, -0.25) is 9.78 Å². The highest BCUT2D eigenvalue weighted by Gasteiger charge is 2.13. The molecule has 0 fully saturated rings. The van der Waals surface area contributed by atoms with E-state index >= 15 is 0 Å². The van der Waals surface area contributed by atoms with Gasteiger partial charge in [0.1, 0.15) is 0 Å². The average Bonchev–Trinajstić information content (AvgIpc) is 2.39. The molecule has 0 unspecified atom stereocenters. The van der Waals surface area contributed by atoms with Crippen molar-refractivity contribution in [1.82, 2.24) is 4.98 Å². The van der Waals surface area contributed by atoms with Crippen LogP contribution in [0.25, 0.3) is 0 Å². The molecule has 0 aliphatic rings. The SMILES string of the molecule is CN(C)c1ccccc1NC(=O)c1ccncc1F. The van der Waals surface area contributed by atoms with Crippen LogP contribution in [0.1, 0.15) is 10.4 Å². The third-order valence-electron chi connectivity index (χ3n) is 2.65. The number of aromatic nitrogens is 1. The van der Waals surface area contributed by atoms with Gasteiger partial charge in [0.15, 0.2) is 5.82 Å². The minimum absolute atomic E-state index is 0.0245. The molecule has 0 bridgehead atoms. The molecule has 0 saturated heterocycles. The molecule has 1 amide bonds. The van der Waals surface area contributed by atoms with Gasteiger partial charge in [-0.15, -0.1) is 0 Å². The summed E-state index contributed by atoms with van der Waals surface area (Å²) in [5, 5.41) is 2.70. The maximum Gasteiger partial charge on any atom is 0.258 e. The van der Waals surface area contributed by atoms with E-state index in [-0.39, 0.29) is 5.56 Å². The lowest BCUT2D eigenvalue weighted by molar-refractivity contribution is 0.102. The molecule has 0 spiro atoms. The maximum atomic E-state index is 13.5. The van der Waals surface area contributed by atoms with Gasteiger partial charge >= 0.3 is 0 Å². The number of pyridine rings is 1. The number of anilines is 2. The Labute approximate surface area is 110 Å². The van der Waals surface area contributed by atoms with Crippen LogP contribution in [0.15, 0.2) is 42.7 Å². The fourth-order valence-corrected chi connectivity index (χ4v) is 1.72. The molecule has 2 aromatic rings. The molecule has 0 saturated carbocycles. The summed E-state index contributed by atoms with van der Waals surface area (Å²) in [6.07, 6.45) is 2.41. The van der Waals surface area contributed by atoms with Crippen molar-refractivity contribution in [1.29, 1.82) is 0 Å². The molecule has 1 aromatic heterocycles. The summed E-state index contributed by atoms with van der Waals surface area (Å²) in [5.41, 5.74) is 1.46. The van der Waals surface area contributed by atoms with Crippen LogP contribution in [0.5, 0.6) is 0 Å². The molecule has 0 atom stereocenters. The van der Waals surface area contributed by atoms with Crippen molar-refractivity contribution in [3.63, 3.8) is 0 Å². The molecule has 19 heavy (non-hydrogen) atoms. The monoisotopic (exact) mass is 259 g/mol. The lowest BCUT2D eigenvalue weighted by Gasteiger charge is -2.17. The van der Waals surface area contributed by atoms with Crippen molar-refractivity contribution < 1.29 is 9.18 Å². The first-order valence-electron chi connectivity index (χ1n) is 5.77. The van der Waals surface area contributed by atoms with Crippen LogP contribution in [-0.2, 0) is 0 Å². The molecule has 4 nitrogen and oxygen atoms in total. The second-order valence-electron chi connectivity index (χ2n) is 4.22. The van der Waals surface area contributed by atoms with Gasteiger partial charge in [0.25, 0.3) is 5.91 Å². The highest BCUT2D eigenvalue weighted by Crippen LogP contribution is 2.24. The number of nitrogens with one attached hydrogen (secondary N) is 1. The van der Waals surface area contributed by atoms with E-state index in [1.807, 2.05) is 37.2 Å². The van der Waals surface area contributed by atoms with Crippen molar-refractivity contribution in [2.24, 2.45) is 0 Å². The topological polar surface area (TPSA) is 45.2 Å². The minimum atomic E-state index is -0.637. The molecule has 2 rings (SSSR count). The van der Waals surface area contributed by atoms with Crippen LogP contribution < -0.4 is 10.2 Å². The van der Waals surface area contributed by atoms with Crippen LogP contribution in [0.2, 0.25) is 0 Å². The predicted molar refractivity (Wildman–Crippen MR) is 72.9 cm³/mol. The van der Waals surface area contributed by atoms with Crippen molar-refractivity contribution in [2.45, 2.75) is 0 Å². The summed E-state index contributed by atoms with van der Waals surface area (Å²) >= 11 is 0. The molecule has 0 aliphatic heterocycles. The lowest BCUT2D eigenvalue weighted by Crippen LogP contribution is -2.17. The molecule has 98 valence electrons. The highest BCUT2D eigenvalue weighted by molar-refractivity contribution is 6.06. The second-order valence-corrected chi connectivity index (χ2v) is 4.22. The Bertz CT molecular complexity index is 599. The highest BCUT2D eigenvalue weighted by atomic mass is 19.1. The smallest absolute Gasteiger partial charge is 0.258 e. The summed E-state index contributed by atoms with van der Waals surface area (Å²) in [4.78, 5) is 17.5. The zero-order valence-corrected chi connectivity index (χ0v) is 10.7. The van der Waals surface area contributed by atoms with E-state index < -0.39 is 11.7 Å². The van der Waals surface area contributed by atoms with Gasteiger partial charge in [-0.2, -0.15) is 0 Å². The normalized spacial score (nSPS) is 10.1. The fourth-order valence-electron chi connectivity index (χ4n) is 1.72. The van der Waals surface area contributed by atoms with E-state index in [9.17, 15) is 9.18 Å². The number of rotatable bonds is 3. The molecule has 0 aliphatic carbocycles. The number of benzene rings is 1. The summed E-state index contributed by atoms with van der Waals surface area (Å²) < 4.78 is 13.5. The molecular formula is C14H14FN3O. The summed E-state index contributed by atoms with van der Waals surface area (Å²) in [5.74, 6) is -1.13. The largest absolute Gasteiger partial charge is 0.376 e. The van der Waals surface area contributed by atoms with E-state index in [4.69, 9.17) is 0 Å². The van der Waals surface area contributed by atoms with Gasteiger partial charge in [0, 0.05) is 20.3 Å². The van der Waals surface area contributed by atoms with E-state index in [2.05, 4.69) is 10.3 Å². The third-order valence-corrected chi connectivity index (χ3v) is 2.65. The van der Waals surface area contributed by atoms with Crippen LogP contribution >= 0.6 is 0 Å². The number of carbonyl (C=O) groups excluding carboxylic acids is 1. The molecule has 1 heterocycles. The average molecular weight is 259 g/mol. The van der Waals surface area contributed by atoms with Crippen molar-refractivity contribution >= 4 is 17.3 Å². The van der Waals surface area contributed by atoms with E-state index in [0.717, 1.165) is 11.9 Å². The van der Waals surface area contributed by atoms with E-state index in [1.165, 1.54) is 12.3 Å². The van der Waals surface area contributed by atoms with Gasteiger partial charge in [-0.05, 0) is 18.2 Å². The minimum Gasteiger partial charge on any atom is -0.376 e. The Balaban J connectivity index is 2.27. The van der Waals surface area contributed by atoms with E-state index in [1.54, 1.807) is 6.07 Å². The van der Waals surface area contributed by atoms with Crippen LogP contribution in [0.3, 0.4) is 0 Å². The quantitative estimate of drug-likeness (QED) is 0.921. The first-order chi connectivity index (χ1) is 9.09. The molecule has 1 N–H and O–H groups in total. The number of hydrogen-bond donors (Lipinski definition) is 1. The first kappa shape index (κ1) is 13.0. The van der Waals surface area contributed by atoms with Crippen LogP contribution in [0, 0.1) is 5.82 Å². The fraction of sp³-hybridized carbons (Fsp3) is 0.143. The molecule has 5 heteroatoms. The molecule has 1 aromatic carbocycles. The number of amides is 1. The maximum absolute atomic E-state index is 13.5. The standard InChI is InChI=1S/C14H14FN3O/c1-18(2)13-6-4-3-5-12(13)17-14(19)10-7-8-16-9-11(10)15/h3-9H,1-2H3,(H,17,19). The Kier molecular flexibility index (Phi) is 3.75. The molecular weight excluding hydrogens is 245 g/mol. The Morgan fingerprint density at radius 3 is 2.68 bits per heavy atom. The lowest BCUT2D eigenvalue weighted by atomic mass is 10.2. The van der Waals surface area contributed by atoms with Crippen LogP contribution in [0.4, 0.5) is 15.8 Å². The zero-order valence-electron chi connectivity index (χ0n) is 10.7. The van der Waals surface area contributed by atoms with E-state index in [0.29, 0.717) is 5.69 Å².